The van der Waals surface area contributed by atoms with Crippen molar-refractivity contribution in [1.29, 1.82) is 5.26 Å². The van der Waals surface area contributed by atoms with Crippen LogP contribution in [0.2, 0.25) is 0 Å². The third-order valence-electron chi connectivity index (χ3n) is 2.35. The molecule has 0 saturated carbocycles. The van der Waals surface area contributed by atoms with E-state index in [1.807, 2.05) is 24.4 Å². The lowest BCUT2D eigenvalue weighted by atomic mass is 10.0. The maximum Gasteiger partial charge on any atom is 0.197 e. The molecule has 1 unspecified atom stereocenters. The summed E-state index contributed by atoms with van der Waals surface area (Å²) in [6.45, 7) is 3.67. The van der Waals surface area contributed by atoms with Gasteiger partial charge in [-0.25, -0.2) is 4.98 Å². The molecule has 0 aromatic carbocycles. The van der Waals surface area contributed by atoms with Gasteiger partial charge in [-0.2, -0.15) is 5.26 Å². The second kappa shape index (κ2) is 4.78. The van der Waals surface area contributed by atoms with E-state index in [1.165, 1.54) is 22.7 Å². The molecule has 1 atom stereocenters. The van der Waals surface area contributed by atoms with Crippen LogP contribution in [0, 0.1) is 25.2 Å². The summed E-state index contributed by atoms with van der Waals surface area (Å²) in [5, 5.41) is 11.9. The molecule has 2 rings (SSSR count). The molecule has 0 radical (unpaired) electrons. The summed E-state index contributed by atoms with van der Waals surface area (Å²) in [6.07, 6.45) is 0. The van der Waals surface area contributed by atoms with Crippen LogP contribution in [0.25, 0.3) is 0 Å². The standard InChI is InChI=1S/C12H10N2OS2/c1-7-12(17-8(2)14-7)11(15)9(6-13)10-4-3-5-16-10/h3-5,9H,1-2H3. The number of thiophene rings is 1. The van der Waals surface area contributed by atoms with Gasteiger partial charge in [0, 0.05) is 4.88 Å². The van der Waals surface area contributed by atoms with Gasteiger partial charge in [-0.05, 0) is 25.3 Å². The maximum atomic E-state index is 12.3. The van der Waals surface area contributed by atoms with Crippen molar-refractivity contribution in [3.63, 3.8) is 0 Å². The molecule has 0 bridgehead atoms. The number of carbonyl (C=O) groups excluding carboxylic acids is 1. The molecular formula is C12H10N2OS2. The van der Waals surface area contributed by atoms with Gasteiger partial charge in [0.05, 0.1) is 21.6 Å². The quantitative estimate of drug-likeness (QED) is 0.797. The molecule has 0 spiro atoms. The third kappa shape index (κ3) is 2.28. The fourth-order valence-corrected chi connectivity index (χ4v) is 3.25. The molecule has 2 aromatic heterocycles. The minimum absolute atomic E-state index is 0.141. The molecule has 2 heterocycles. The highest BCUT2D eigenvalue weighted by Gasteiger charge is 2.26. The highest BCUT2D eigenvalue weighted by molar-refractivity contribution is 7.14. The second-order valence-electron chi connectivity index (χ2n) is 3.59. The van der Waals surface area contributed by atoms with E-state index >= 15 is 0 Å². The van der Waals surface area contributed by atoms with Crippen molar-refractivity contribution in [1.82, 2.24) is 4.98 Å². The number of nitriles is 1. The molecule has 5 heteroatoms. The average Bonchev–Trinajstić information content (AvgIpc) is 2.89. The van der Waals surface area contributed by atoms with E-state index in [4.69, 9.17) is 5.26 Å². The molecule has 86 valence electrons. The highest BCUT2D eigenvalue weighted by Crippen LogP contribution is 2.28. The Hall–Kier alpha value is -1.51. The lowest BCUT2D eigenvalue weighted by Crippen LogP contribution is -2.09. The lowest BCUT2D eigenvalue weighted by Gasteiger charge is -2.03. The molecule has 2 aromatic rings. The van der Waals surface area contributed by atoms with Crippen LogP contribution in [-0.2, 0) is 0 Å². The number of hydrogen-bond acceptors (Lipinski definition) is 5. The molecular weight excluding hydrogens is 252 g/mol. The zero-order valence-electron chi connectivity index (χ0n) is 9.43. The van der Waals surface area contributed by atoms with Crippen molar-refractivity contribution in [2.24, 2.45) is 0 Å². The average molecular weight is 262 g/mol. The summed E-state index contributed by atoms with van der Waals surface area (Å²) in [5.74, 6) is -0.841. The van der Waals surface area contributed by atoms with Crippen molar-refractivity contribution in [2.75, 3.05) is 0 Å². The zero-order chi connectivity index (χ0) is 12.4. The summed E-state index contributed by atoms with van der Waals surface area (Å²) in [4.78, 5) is 17.9. The van der Waals surface area contributed by atoms with Crippen LogP contribution in [0.5, 0.6) is 0 Å². The molecule has 0 aliphatic carbocycles. The molecule has 0 amide bonds. The highest BCUT2D eigenvalue weighted by atomic mass is 32.1. The Bertz CT molecular complexity index is 578. The zero-order valence-corrected chi connectivity index (χ0v) is 11.1. The first-order valence-electron chi connectivity index (χ1n) is 5.04. The summed E-state index contributed by atoms with van der Waals surface area (Å²) in [7, 11) is 0. The number of ketones is 1. The van der Waals surface area contributed by atoms with Crippen molar-refractivity contribution in [2.45, 2.75) is 19.8 Å². The van der Waals surface area contributed by atoms with Crippen molar-refractivity contribution < 1.29 is 4.79 Å². The number of aryl methyl sites for hydroxylation is 2. The van der Waals surface area contributed by atoms with E-state index in [2.05, 4.69) is 11.1 Å². The van der Waals surface area contributed by atoms with Crippen LogP contribution in [0.3, 0.4) is 0 Å². The number of nitrogens with zero attached hydrogens (tertiary/aromatic N) is 2. The second-order valence-corrected chi connectivity index (χ2v) is 5.77. The molecule has 17 heavy (non-hydrogen) atoms. The molecule has 0 saturated heterocycles. The maximum absolute atomic E-state index is 12.3. The van der Waals surface area contributed by atoms with E-state index in [1.54, 1.807) is 6.92 Å². The summed E-state index contributed by atoms with van der Waals surface area (Å²) in [6, 6.07) is 5.75. The minimum Gasteiger partial charge on any atom is -0.291 e. The Balaban J connectivity index is 2.37. The number of thiazole rings is 1. The topological polar surface area (TPSA) is 53.8 Å². The summed E-state index contributed by atoms with van der Waals surface area (Å²) < 4.78 is 0. The van der Waals surface area contributed by atoms with Gasteiger partial charge < -0.3 is 0 Å². The van der Waals surface area contributed by atoms with Gasteiger partial charge >= 0.3 is 0 Å². The number of hydrogen-bond donors (Lipinski definition) is 0. The number of rotatable bonds is 3. The molecule has 0 aliphatic rings. The molecule has 0 aliphatic heterocycles. The Morgan fingerprint density at radius 3 is 2.76 bits per heavy atom. The van der Waals surface area contributed by atoms with Crippen LogP contribution in [0.4, 0.5) is 0 Å². The number of aromatic nitrogens is 1. The Morgan fingerprint density at radius 1 is 1.53 bits per heavy atom. The fraction of sp³-hybridized carbons (Fsp3) is 0.250. The van der Waals surface area contributed by atoms with Crippen molar-refractivity contribution in [3.8, 4) is 6.07 Å². The monoisotopic (exact) mass is 262 g/mol. The van der Waals surface area contributed by atoms with Gasteiger partial charge in [0.2, 0.25) is 0 Å². The van der Waals surface area contributed by atoms with Crippen molar-refractivity contribution >= 4 is 28.5 Å². The predicted octanol–water partition coefficient (Wildman–Crippen LogP) is 3.31. The van der Waals surface area contributed by atoms with Gasteiger partial charge in [0.1, 0.15) is 5.92 Å². The van der Waals surface area contributed by atoms with Crippen molar-refractivity contribution in [3.05, 3.63) is 38.0 Å². The van der Waals surface area contributed by atoms with Gasteiger partial charge in [-0.15, -0.1) is 22.7 Å². The fourth-order valence-electron chi connectivity index (χ4n) is 1.60. The molecule has 0 fully saturated rings. The first kappa shape index (κ1) is 12.0. The predicted molar refractivity (Wildman–Crippen MR) is 68.6 cm³/mol. The largest absolute Gasteiger partial charge is 0.291 e. The van der Waals surface area contributed by atoms with Gasteiger partial charge in [0.15, 0.2) is 5.78 Å². The Labute approximate surface area is 107 Å². The van der Waals surface area contributed by atoms with Gasteiger partial charge in [-0.1, -0.05) is 6.07 Å². The first-order valence-corrected chi connectivity index (χ1v) is 6.74. The summed E-state index contributed by atoms with van der Waals surface area (Å²) >= 11 is 2.79. The Morgan fingerprint density at radius 2 is 2.29 bits per heavy atom. The van der Waals surface area contributed by atoms with E-state index < -0.39 is 5.92 Å². The van der Waals surface area contributed by atoms with E-state index in [9.17, 15) is 4.79 Å². The first-order chi connectivity index (χ1) is 8.13. The summed E-state index contributed by atoms with van der Waals surface area (Å²) in [5.41, 5.74) is 0.717. The third-order valence-corrected chi connectivity index (χ3v) is 4.37. The van der Waals surface area contributed by atoms with Crippen LogP contribution >= 0.6 is 22.7 Å². The Kier molecular flexibility index (Phi) is 3.36. The van der Waals surface area contributed by atoms with E-state index in [-0.39, 0.29) is 5.78 Å². The smallest absolute Gasteiger partial charge is 0.197 e. The lowest BCUT2D eigenvalue weighted by molar-refractivity contribution is 0.0983. The van der Waals surface area contributed by atoms with Gasteiger partial charge in [0.25, 0.3) is 0 Å². The van der Waals surface area contributed by atoms with Crippen LogP contribution in [-0.4, -0.2) is 10.8 Å². The van der Waals surface area contributed by atoms with Crippen LogP contribution in [0.1, 0.15) is 31.2 Å². The number of carbonyl (C=O) groups is 1. The van der Waals surface area contributed by atoms with Crippen LogP contribution in [0.15, 0.2) is 17.5 Å². The van der Waals surface area contributed by atoms with Crippen LogP contribution < -0.4 is 0 Å². The number of Topliss-reactive ketones (excluding diaryl/α,β-unsaturated/α-hetero) is 1. The SMILES string of the molecule is Cc1nc(C)c(C(=O)C(C#N)c2cccs2)s1. The van der Waals surface area contributed by atoms with E-state index in [0.29, 0.717) is 10.6 Å². The normalized spacial score (nSPS) is 12.1. The van der Waals surface area contributed by atoms with E-state index in [0.717, 1.165) is 9.88 Å². The minimum atomic E-state index is -0.700. The van der Waals surface area contributed by atoms with Gasteiger partial charge in [-0.3, -0.25) is 4.79 Å². The molecule has 3 nitrogen and oxygen atoms in total. The molecule has 0 N–H and O–H groups in total.